The van der Waals surface area contributed by atoms with Gasteiger partial charge in [-0.25, -0.2) is 4.98 Å². The van der Waals surface area contributed by atoms with Crippen LogP contribution in [0.4, 0.5) is 5.13 Å². The first-order chi connectivity index (χ1) is 9.26. The standard InChI is InChI=1S/C13H19N3O2S/c1-18-12(17)8-10-9-19-13(14-10)16-6-4-15(5-7-16)11-2-3-11/h9,11H,2-8H2,1H3. The normalized spacial score (nSPS) is 20.6. The molecule has 5 nitrogen and oxygen atoms in total. The van der Waals surface area contributed by atoms with Crippen molar-refractivity contribution in [1.29, 1.82) is 0 Å². The van der Waals surface area contributed by atoms with Gasteiger partial charge in [-0.2, -0.15) is 0 Å². The van der Waals surface area contributed by atoms with Crippen LogP contribution in [0.5, 0.6) is 0 Å². The number of nitrogens with zero attached hydrogens (tertiary/aromatic N) is 3. The summed E-state index contributed by atoms with van der Waals surface area (Å²) in [4.78, 5) is 20.7. The summed E-state index contributed by atoms with van der Waals surface area (Å²) in [7, 11) is 1.41. The Bertz CT molecular complexity index is 450. The molecule has 1 aromatic heterocycles. The van der Waals surface area contributed by atoms with E-state index in [9.17, 15) is 4.79 Å². The average Bonchev–Trinajstić information content (AvgIpc) is 3.19. The van der Waals surface area contributed by atoms with E-state index in [0.29, 0.717) is 0 Å². The van der Waals surface area contributed by atoms with Gasteiger partial charge < -0.3 is 9.64 Å². The number of carbonyl (C=O) groups is 1. The number of rotatable bonds is 4. The predicted molar refractivity (Wildman–Crippen MR) is 74.6 cm³/mol. The van der Waals surface area contributed by atoms with Crippen LogP contribution >= 0.6 is 11.3 Å². The molecule has 1 saturated carbocycles. The topological polar surface area (TPSA) is 45.7 Å². The molecule has 2 heterocycles. The van der Waals surface area contributed by atoms with Gasteiger partial charge in [0.2, 0.25) is 0 Å². The van der Waals surface area contributed by atoms with Crippen molar-refractivity contribution in [3.63, 3.8) is 0 Å². The Hall–Kier alpha value is -1.14. The quantitative estimate of drug-likeness (QED) is 0.775. The second kappa shape index (κ2) is 5.46. The lowest BCUT2D eigenvalue weighted by Gasteiger charge is -2.34. The first-order valence-electron chi connectivity index (χ1n) is 6.76. The molecule has 1 aromatic rings. The van der Waals surface area contributed by atoms with Crippen molar-refractivity contribution in [1.82, 2.24) is 9.88 Å². The molecule has 1 aliphatic carbocycles. The van der Waals surface area contributed by atoms with E-state index in [1.54, 1.807) is 11.3 Å². The first-order valence-corrected chi connectivity index (χ1v) is 7.64. The van der Waals surface area contributed by atoms with Crippen LogP contribution in [0.2, 0.25) is 0 Å². The largest absolute Gasteiger partial charge is 0.469 e. The highest BCUT2D eigenvalue weighted by Gasteiger charge is 2.31. The fourth-order valence-electron chi connectivity index (χ4n) is 2.46. The molecule has 3 rings (SSSR count). The van der Waals surface area contributed by atoms with Crippen LogP contribution in [-0.2, 0) is 16.0 Å². The molecule has 0 atom stereocenters. The Kier molecular flexibility index (Phi) is 3.70. The number of piperazine rings is 1. The average molecular weight is 281 g/mol. The van der Waals surface area contributed by atoms with Gasteiger partial charge in [0.15, 0.2) is 5.13 Å². The molecule has 19 heavy (non-hydrogen) atoms. The van der Waals surface area contributed by atoms with Gasteiger partial charge in [0.1, 0.15) is 0 Å². The van der Waals surface area contributed by atoms with Crippen LogP contribution in [0.25, 0.3) is 0 Å². The van der Waals surface area contributed by atoms with E-state index in [-0.39, 0.29) is 12.4 Å². The summed E-state index contributed by atoms with van der Waals surface area (Å²) < 4.78 is 4.66. The predicted octanol–water partition coefficient (Wildman–Crippen LogP) is 1.14. The molecule has 1 saturated heterocycles. The van der Waals surface area contributed by atoms with E-state index in [1.165, 1.54) is 20.0 Å². The van der Waals surface area contributed by atoms with Gasteiger partial charge in [0, 0.05) is 37.6 Å². The molecule has 2 fully saturated rings. The molecular weight excluding hydrogens is 262 g/mol. The summed E-state index contributed by atoms with van der Waals surface area (Å²) in [5, 5.41) is 2.99. The van der Waals surface area contributed by atoms with Crippen LogP contribution in [0, 0.1) is 0 Å². The molecule has 0 radical (unpaired) electrons. The van der Waals surface area contributed by atoms with Crippen LogP contribution in [0.3, 0.4) is 0 Å². The summed E-state index contributed by atoms with van der Waals surface area (Å²) in [5.74, 6) is -0.226. The van der Waals surface area contributed by atoms with Gasteiger partial charge in [-0.1, -0.05) is 0 Å². The van der Waals surface area contributed by atoms with Crippen LogP contribution < -0.4 is 4.90 Å². The number of methoxy groups -OCH3 is 1. The van der Waals surface area contributed by atoms with Gasteiger partial charge in [0.05, 0.1) is 19.2 Å². The number of esters is 1. The number of anilines is 1. The summed E-state index contributed by atoms with van der Waals surface area (Å²) in [6.07, 6.45) is 3.02. The van der Waals surface area contributed by atoms with E-state index >= 15 is 0 Å². The molecule has 0 aromatic carbocycles. The second-order valence-corrected chi connectivity index (χ2v) is 5.97. The smallest absolute Gasteiger partial charge is 0.311 e. The zero-order valence-corrected chi connectivity index (χ0v) is 12.0. The monoisotopic (exact) mass is 281 g/mol. The first kappa shape index (κ1) is 12.9. The molecule has 0 unspecified atom stereocenters. The highest BCUT2D eigenvalue weighted by atomic mass is 32.1. The van der Waals surface area contributed by atoms with Crippen molar-refractivity contribution < 1.29 is 9.53 Å². The zero-order chi connectivity index (χ0) is 13.2. The van der Waals surface area contributed by atoms with Crippen LogP contribution in [-0.4, -0.2) is 55.2 Å². The van der Waals surface area contributed by atoms with Gasteiger partial charge in [-0.15, -0.1) is 11.3 Å². The Morgan fingerprint density at radius 3 is 2.79 bits per heavy atom. The van der Waals surface area contributed by atoms with E-state index in [2.05, 4.69) is 19.5 Å². The van der Waals surface area contributed by atoms with Crippen molar-refractivity contribution in [3.05, 3.63) is 11.1 Å². The lowest BCUT2D eigenvalue weighted by atomic mass is 10.3. The Labute approximate surface area is 117 Å². The Balaban J connectivity index is 1.56. The third-order valence-corrected chi connectivity index (χ3v) is 4.69. The molecule has 1 aliphatic heterocycles. The Morgan fingerprint density at radius 1 is 1.42 bits per heavy atom. The number of hydrogen-bond acceptors (Lipinski definition) is 6. The number of thiazole rings is 1. The zero-order valence-electron chi connectivity index (χ0n) is 11.2. The summed E-state index contributed by atoms with van der Waals surface area (Å²) in [6.45, 7) is 4.36. The van der Waals surface area contributed by atoms with Gasteiger partial charge in [-0.3, -0.25) is 9.69 Å². The van der Waals surface area contributed by atoms with Crippen LogP contribution in [0.1, 0.15) is 18.5 Å². The SMILES string of the molecule is COC(=O)Cc1csc(N2CCN(C3CC3)CC2)n1. The number of hydrogen-bond donors (Lipinski definition) is 0. The lowest BCUT2D eigenvalue weighted by Crippen LogP contribution is -2.47. The van der Waals surface area contributed by atoms with E-state index in [4.69, 9.17) is 0 Å². The van der Waals surface area contributed by atoms with Crippen molar-refractivity contribution in [3.8, 4) is 0 Å². The Morgan fingerprint density at radius 2 is 2.16 bits per heavy atom. The minimum atomic E-state index is -0.226. The fourth-order valence-corrected chi connectivity index (χ4v) is 3.34. The highest BCUT2D eigenvalue weighted by molar-refractivity contribution is 7.13. The third-order valence-electron chi connectivity index (χ3n) is 3.74. The van der Waals surface area contributed by atoms with Crippen molar-refractivity contribution in [2.24, 2.45) is 0 Å². The maximum Gasteiger partial charge on any atom is 0.311 e. The van der Waals surface area contributed by atoms with Crippen molar-refractivity contribution >= 4 is 22.4 Å². The maximum absolute atomic E-state index is 11.2. The minimum Gasteiger partial charge on any atom is -0.469 e. The van der Waals surface area contributed by atoms with Crippen LogP contribution in [0.15, 0.2) is 5.38 Å². The minimum absolute atomic E-state index is 0.226. The van der Waals surface area contributed by atoms with Gasteiger partial charge in [-0.05, 0) is 12.8 Å². The molecule has 104 valence electrons. The summed E-state index contributed by atoms with van der Waals surface area (Å²) in [6, 6.07) is 0.855. The summed E-state index contributed by atoms with van der Waals surface area (Å²) in [5.41, 5.74) is 0.816. The fraction of sp³-hybridized carbons (Fsp3) is 0.692. The highest BCUT2D eigenvalue weighted by Crippen LogP contribution is 2.29. The molecule has 0 N–H and O–H groups in total. The molecule has 2 aliphatic rings. The van der Waals surface area contributed by atoms with Gasteiger partial charge in [0.25, 0.3) is 0 Å². The molecule has 0 amide bonds. The van der Waals surface area contributed by atoms with Crippen molar-refractivity contribution in [2.45, 2.75) is 25.3 Å². The van der Waals surface area contributed by atoms with E-state index < -0.39 is 0 Å². The van der Waals surface area contributed by atoms with Crippen molar-refractivity contribution in [2.75, 3.05) is 38.2 Å². The van der Waals surface area contributed by atoms with Gasteiger partial charge >= 0.3 is 5.97 Å². The third kappa shape index (κ3) is 3.06. The number of carbonyl (C=O) groups excluding carboxylic acids is 1. The van der Waals surface area contributed by atoms with E-state index in [0.717, 1.165) is 43.0 Å². The second-order valence-electron chi connectivity index (χ2n) is 5.13. The molecule has 0 spiro atoms. The lowest BCUT2D eigenvalue weighted by molar-refractivity contribution is -0.139. The maximum atomic E-state index is 11.2. The molecule has 0 bridgehead atoms. The number of aromatic nitrogens is 1. The molecular formula is C13H19N3O2S. The number of ether oxygens (including phenoxy) is 1. The molecule has 6 heteroatoms. The van der Waals surface area contributed by atoms with E-state index in [1.807, 2.05) is 5.38 Å². The summed E-state index contributed by atoms with van der Waals surface area (Å²) >= 11 is 1.62.